The Kier molecular flexibility index (Phi) is 6.25. The second kappa shape index (κ2) is 7.28. The minimum Gasteiger partial charge on any atom is -0.317 e. The van der Waals surface area contributed by atoms with Gasteiger partial charge in [-0.15, -0.1) is 0 Å². The first kappa shape index (κ1) is 12.0. The minimum absolute atomic E-state index is 1.02. The summed E-state index contributed by atoms with van der Waals surface area (Å²) in [6.45, 7) is 7.17. The highest BCUT2D eigenvalue weighted by Crippen LogP contribution is 2.26. The van der Waals surface area contributed by atoms with Gasteiger partial charge in [0.2, 0.25) is 0 Å². The molecule has 1 heterocycles. The largest absolute Gasteiger partial charge is 0.317 e. The maximum atomic E-state index is 3.45. The highest BCUT2D eigenvalue weighted by molar-refractivity contribution is 4.72. The van der Waals surface area contributed by atoms with Crippen molar-refractivity contribution in [1.82, 2.24) is 5.32 Å². The smallest absolute Gasteiger partial charge is 0.00463 e. The van der Waals surface area contributed by atoms with E-state index < -0.39 is 0 Å². The monoisotopic (exact) mass is 197 g/mol. The van der Waals surface area contributed by atoms with Gasteiger partial charge in [-0.3, -0.25) is 0 Å². The molecule has 1 fully saturated rings. The van der Waals surface area contributed by atoms with E-state index in [4.69, 9.17) is 0 Å². The molecule has 0 saturated carbocycles. The van der Waals surface area contributed by atoms with E-state index in [1.165, 1.54) is 58.0 Å². The van der Waals surface area contributed by atoms with Crippen molar-refractivity contribution in [2.24, 2.45) is 11.8 Å². The third kappa shape index (κ3) is 4.45. The Morgan fingerprint density at radius 1 is 1.07 bits per heavy atom. The van der Waals surface area contributed by atoms with Crippen LogP contribution in [0.5, 0.6) is 0 Å². The molecular formula is C13H27N. The van der Waals surface area contributed by atoms with Crippen LogP contribution in [0.4, 0.5) is 0 Å². The molecule has 1 aliphatic heterocycles. The molecular weight excluding hydrogens is 170 g/mol. The zero-order chi connectivity index (χ0) is 10.2. The molecule has 0 aliphatic carbocycles. The Balaban J connectivity index is 2.21. The predicted molar refractivity (Wildman–Crippen MR) is 63.5 cm³/mol. The predicted octanol–water partition coefficient (Wildman–Crippen LogP) is 3.59. The van der Waals surface area contributed by atoms with Crippen molar-refractivity contribution in [3.8, 4) is 0 Å². The van der Waals surface area contributed by atoms with Crippen molar-refractivity contribution in [1.29, 1.82) is 0 Å². The lowest BCUT2D eigenvalue weighted by atomic mass is 9.84. The van der Waals surface area contributed by atoms with Gasteiger partial charge in [-0.2, -0.15) is 0 Å². The standard InChI is InChI=1S/C13H27N/c1-3-5-12(6-4-2)11-13-7-9-14-10-8-13/h12-14H,3-11H2,1-2H3. The molecule has 1 heteroatoms. The molecule has 84 valence electrons. The van der Waals surface area contributed by atoms with Crippen LogP contribution in [0.2, 0.25) is 0 Å². The maximum Gasteiger partial charge on any atom is -0.00463 e. The molecule has 0 bridgehead atoms. The van der Waals surface area contributed by atoms with Gasteiger partial charge in [-0.05, 0) is 44.2 Å². The Morgan fingerprint density at radius 3 is 2.14 bits per heavy atom. The lowest BCUT2D eigenvalue weighted by molar-refractivity contribution is 0.277. The average Bonchev–Trinajstić information content (AvgIpc) is 2.20. The highest BCUT2D eigenvalue weighted by Gasteiger charge is 2.17. The molecule has 1 nitrogen and oxygen atoms in total. The topological polar surface area (TPSA) is 12.0 Å². The number of piperidine rings is 1. The van der Waals surface area contributed by atoms with Crippen molar-refractivity contribution in [2.75, 3.05) is 13.1 Å². The number of hydrogen-bond donors (Lipinski definition) is 1. The molecule has 0 atom stereocenters. The molecule has 1 aliphatic rings. The fourth-order valence-corrected chi connectivity index (χ4v) is 2.79. The number of rotatable bonds is 6. The zero-order valence-electron chi connectivity index (χ0n) is 10.0. The third-order valence-corrected chi connectivity index (χ3v) is 3.52. The first-order chi connectivity index (χ1) is 6.86. The number of nitrogens with one attached hydrogen (secondary N) is 1. The van der Waals surface area contributed by atoms with Gasteiger partial charge < -0.3 is 5.32 Å². The first-order valence-electron chi connectivity index (χ1n) is 6.57. The van der Waals surface area contributed by atoms with Gasteiger partial charge in [0.25, 0.3) is 0 Å². The second-order valence-corrected chi connectivity index (χ2v) is 4.87. The Morgan fingerprint density at radius 2 is 1.64 bits per heavy atom. The van der Waals surface area contributed by atoms with Crippen molar-refractivity contribution < 1.29 is 0 Å². The molecule has 0 aromatic rings. The van der Waals surface area contributed by atoms with E-state index in [9.17, 15) is 0 Å². The summed E-state index contributed by atoms with van der Waals surface area (Å²) >= 11 is 0. The molecule has 0 aromatic carbocycles. The Hall–Kier alpha value is -0.0400. The van der Waals surface area contributed by atoms with E-state index in [0.717, 1.165) is 11.8 Å². The third-order valence-electron chi connectivity index (χ3n) is 3.52. The molecule has 0 aromatic heterocycles. The first-order valence-corrected chi connectivity index (χ1v) is 6.57. The molecule has 1 N–H and O–H groups in total. The highest BCUT2D eigenvalue weighted by atomic mass is 14.9. The van der Waals surface area contributed by atoms with Crippen LogP contribution < -0.4 is 5.32 Å². The average molecular weight is 197 g/mol. The van der Waals surface area contributed by atoms with E-state index in [2.05, 4.69) is 19.2 Å². The molecule has 0 unspecified atom stereocenters. The van der Waals surface area contributed by atoms with Crippen LogP contribution >= 0.6 is 0 Å². The molecule has 1 saturated heterocycles. The summed E-state index contributed by atoms with van der Waals surface area (Å²) in [5.74, 6) is 2.05. The van der Waals surface area contributed by atoms with Crippen LogP contribution in [-0.4, -0.2) is 13.1 Å². The Bertz CT molecular complexity index is 121. The Labute approximate surface area is 89.7 Å². The van der Waals surface area contributed by atoms with E-state index in [1.807, 2.05) is 0 Å². The van der Waals surface area contributed by atoms with Crippen molar-refractivity contribution in [2.45, 2.75) is 58.8 Å². The molecule has 14 heavy (non-hydrogen) atoms. The van der Waals surface area contributed by atoms with E-state index in [1.54, 1.807) is 0 Å². The summed E-state index contributed by atoms with van der Waals surface area (Å²) in [5.41, 5.74) is 0. The van der Waals surface area contributed by atoms with Gasteiger partial charge in [0.1, 0.15) is 0 Å². The summed E-state index contributed by atoms with van der Waals surface area (Å²) in [5, 5.41) is 3.45. The van der Waals surface area contributed by atoms with Gasteiger partial charge in [0, 0.05) is 0 Å². The summed E-state index contributed by atoms with van der Waals surface area (Å²) in [4.78, 5) is 0. The zero-order valence-corrected chi connectivity index (χ0v) is 10.0. The molecule has 0 radical (unpaired) electrons. The van der Waals surface area contributed by atoms with Crippen LogP contribution in [0.15, 0.2) is 0 Å². The van der Waals surface area contributed by atoms with Crippen LogP contribution in [0.3, 0.4) is 0 Å². The summed E-state index contributed by atoms with van der Waals surface area (Å²) in [7, 11) is 0. The van der Waals surface area contributed by atoms with Crippen molar-refractivity contribution >= 4 is 0 Å². The fraction of sp³-hybridized carbons (Fsp3) is 1.00. The summed E-state index contributed by atoms with van der Waals surface area (Å²) in [6.07, 6.45) is 10.00. The van der Waals surface area contributed by atoms with Gasteiger partial charge in [-0.1, -0.05) is 39.5 Å². The minimum atomic E-state index is 1.02. The van der Waals surface area contributed by atoms with Crippen LogP contribution in [0.1, 0.15) is 58.8 Å². The van der Waals surface area contributed by atoms with Crippen molar-refractivity contribution in [3.63, 3.8) is 0 Å². The van der Waals surface area contributed by atoms with E-state index in [-0.39, 0.29) is 0 Å². The van der Waals surface area contributed by atoms with E-state index in [0.29, 0.717) is 0 Å². The molecule has 1 rings (SSSR count). The summed E-state index contributed by atoms with van der Waals surface area (Å²) < 4.78 is 0. The van der Waals surface area contributed by atoms with Crippen LogP contribution in [-0.2, 0) is 0 Å². The SMILES string of the molecule is CCCC(CCC)CC1CCNCC1. The lowest BCUT2D eigenvalue weighted by Crippen LogP contribution is -2.28. The van der Waals surface area contributed by atoms with Crippen LogP contribution in [0.25, 0.3) is 0 Å². The normalized spacial score (nSPS) is 19.1. The number of hydrogen-bond acceptors (Lipinski definition) is 1. The molecule has 0 amide bonds. The fourth-order valence-electron chi connectivity index (χ4n) is 2.79. The van der Waals surface area contributed by atoms with Gasteiger partial charge in [0.15, 0.2) is 0 Å². The lowest BCUT2D eigenvalue weighted by Gasteiger charge is -2.26. The second-order valence-electron chi connectivity index (χ2n) is 4.87. The molecule has 0 spiro atoms. The maximum absolute atomic E-state index is 3.45. The van der Waals surface area contributed by atoms with Gasteiger partial charge in [0.05, 0.1) is 0 Å². The van der Waals surface area contributed by atoms with Gasteiger partial charge >= 0.3 is 0 Å². The van der Waals surface area contributed by atoms with Crippen LogP contribution in [0, 0.1) is 11.8 Å². The quantitative estimate of drug-likeness (QED) is 0.686. The van der Waals surface area contributed by atoms with E-state index >= 15 is 0 Å². The summed E-state index contributed by atoms with van der Waals surface area (Å²) in [6, 6.07) is 0. The van der Waals surface area contributed by atoms with Crippen molar-refractivity contribution in [3.05, 3.63) is 0 Å². The van der Waals surface area contributed by atoms with Gasteiger partial charge in [-0.25, -0.2) is 0 Å².